The summed E-state index contributed by atoms with van der Waals surface area (Å²) in [5.74, 6) is -0.0450. The lowest BCUT2D eigenvalue weighted by molar-refractivity contribution is -0.143. The van der Waals surface area contributed by atoms with Gasteiger partial charge in [0.25, 0.3) is 0 Å². The number of carbonyl (C=O) groups excluding carboxylic acids is 2. The van der Waals surface area contributed by atoms with E-state index in [0.29, 0.717) is 25.9 Å². The van der Waals surface area contributed by atoms with Crippen LogP contribution >= 0.6 is 0 Å². The summed E-state index contributed by atoms with van der Waals surface area (Å²) in [5, 5.41) is 23.2. The molecule has 3 N–H and O–H groups in total. The van der Waals surface area contributed by atoms with E-state index in [2.05, 4.69) is 43.5 Å². The molecule has 0 saturated heterocycles. The highest BCUT2D eigenvalue weighted by Crippen LogP contribution is 2.17. The third kappa shape index (κ3) is 51.6. The fourth-order valence-electron chi connectivity index (χ4n) is 8.98. The van der Waals surface area contributed by atoms with Crippen LogP contribution in [-0.2, 0) is 14.3 Å². The van der Waals surface area contributed by atoms with E-state index in [4.69, 9.17) is 4.74 Å². The minimum atomic E-state index is -0.669. The van der Waals surface area contributed by atoms with E-state index in [-0.39, 0.29) is 18.5 Å². The quantitative estimate of drug-likeness (QED) is 0.0321. The van der Waals surface area contributed by atoms with Crippen molar-refractivity contribution in [1.82, 2.24) is 5.32 Å². The number of esters is 1. The second-order valence-electron chi connectivity index (χ2n) is 20.0. The van der Waals surface area contributed by atoms with Crippen LogP contribution in [0.3, 0.4) is 0 Å². The molecule has 0 aromatic carbocycles. The zero-order valence-electron chi connectivity index (χ0n) is 43.7. The van der Waals surface area contributed by atoms with Crippen molar-refractivity contribution in [1.29, 1.82) is 0 Å². The molecule has 6 nitrogen and oxygen atoms in total. The van der Waals surface area contributed by atoms with Gasteiger partial charge in [-0.05, 0) is 77.0 Å². The lowest BCUT2D eigenvalue weighted by Crippen LogP contribution is -2.45. The molecule has 0 aromatic rings. The van der Waals surface area contributed by atoms with Crippen LogP contribution in [0.5, 0.6) is 0 Å². The number of aliphatic hydroxyl groups excluding tert-OH is 2. The molecule has 384 valence electrons. The predicted molar refractivity (Wildman–Crippen MR) is 283 cm³/mol. The highest BCUT2D eigenvalue weighted by Gasteiger charge is 2.20. The van der Waals surface area contributed by atoms with E-state index in [1.165, 1.54) is 238 Å². The summed E-state index contributed by atoms with van der Waals surface area (Å²) in [6.07, 6.45) is 66.0. The van der Waals surface area contributed by atoms with Crippen LogP contribution in [0.1, 0.15) is 316 Å². The van der Waals surface area contributed by atoms with Crippen LogP contribution in [0.25, 0.3) is 0 Å². The monoisotopic (exact) mass is 916 g/mol. The number of allylic oxidation sites excluding steroid dienone is 4. The molecular formula is C59H113NO5. The minimum absolute atomic E-state index is 0.00218. The Hall–Kier alpha value is -1.66. The Morgan fingerprint density at radius 2 is 0.723 bits per heavy atom. The summed E-state index contributed by atoms with van der Waals surface area (Å²) in [7, 11) is 0. The van der Waals surface area contributed by atoms with Gasteiger partial charge in [-0.15, -0.1) is 0 Å². The molecule has 0 bridgehead atoms. The maximum absolute atomic E-state index is 12.5. The number of carbonyl (C=O) groups is 2. The van der Waals surface area contributed by atoms with E-state index in [9.17, 15) is 19.8 Å². The Balaban J connectivity index is 3.43. The van der Waals surface area contributed by atoms with Gasteiger partial charge in [-0.3, -0.25) is 9.59 Å². The highest BCUT2D eigenvalue weighted by molar-refractivity contribution is 5.76. The van der Waals surface area contributed by atoms with Crippen molar-refractivity contribution in [3.63, 3.8) is 0 Å². The Morgan fingerprint density at radius 1 is 0.415 bits per heavy atom. The van der Waals surface area contributed by atoms with Crippen molar-refractivity contribution in [3.05, 3.63) is 24.3 Å². The second-order valence-corrected chi connectivity index (χ2v) is 20.0. The fourth-order valence-corrected chi connectivity index (χ4v) is 8.98. The minimum Gasteiger partial charge on any atom is -0.466 e. The molecule has 65 heavy (non-hydrogen) atoms. The van der Waals surface area contributed by atoms with Gasteiger partial charge in [-0.25, -0.2) is 0 Å². The smallest absolute Gasteiger partial charge is 0.305 e. The van der Waals surface area contributed by atoms with Crippen LogP contribution in [0.2, 0.25) is 0 Å². The van der Waals surface area contributed by atoms with E-state index in [0.717, 1.165) is 44.9 Å². The van der Waals surface area contributed by atoms with Crippen molar-refractivity contribution in [2.75, 3.05) is 13.2 Å². The average molecular weight is 917 g/mol. The third-order valence-corrected chi connectivity index (χ3v) is 13.5. The van der Waals surface area contributed by atoms with Crippen molar-refractivity contribution in [2.24, 2.45) is 0 Å². The van der Waals surface area contributed by atoms with E-state index < -0.39 is 12.1 Å². The van der Waals surface area contributed by atoms with Crippen LogP contribution in [0.4, 0.5) is 0 Å². The molecule has 0 heterocycles. The van der Waals surface area contributed by atoms with Gasteiger partial charge in [0, 0.05) is 12.8 Å². The molecule has 2 atom stereocenters. The number of unbranched alkanes of at least 4 members (excludes halogenated alkanes) is 39. The number of rotatable bonds is 54. The summed E-state index contributed by atoms with van der Waals surface area (Å²) in [4.78, 5) is 24.5. The molecule has 0 rings (SSSR count). The first-order chi connectivity index (χ1) is 32.0. The Bertz CT molecular complexity index is 1010. The maximum atomic E-state index is 12.5. The Kier molecular flexibility index (Phi) is 53.5. The van der Waals surface area contributed by atoms with Crippen molar-refractivity contribution in [3.8, 4) is 0 Å². The fraction of sp³-hybridized carbons (Fsp3) is 0.898. The number of ether oxygens (including phenoxy) is 1. The van der Waals surface area contributed by atoms with Crippen LogP contribution < -0.4 is 5.32 Å². The Morgan fingerprint density at radius 3 is 1.09 bits per heavy atom. The van der Waals surface area contributed by atoms with E-state index in [1.54, 1.807) is 0 Å². The summed E-state index contributed by atoms with van der Waals surface area (Å²) in [6, 6.07) is -0.547. The Labute approximate surface area is 405 Å². The summed E-state index contributed by atoms with van der Waals surface area (Å²) < 4.78 is 5.47. The molecule has 0 spiro atoms. The first kappa shape index (κ1) is 63.3. The number of hydrogen-bond donors (Lipinski definition) is 3. The van der Waals surface area contributed by atoms with Gasteiger partial charge < -0.3 is 20.3 Å². The standard InChI is InChI=1S/C59H113NO5/c1-3-5-7-9-11-13-15-17-27-31-35-39-43-47-51-57(62)56(55-61)60-58(63)52-48-44-40-36-32-28-25-23-21-19-20-22-24-26-30-34-38-42-46-50-54-65-59(64)53-49-45-41-37-33-29-18-16-14-12-10-8-6-4-2/h16,18-19,21,56-57,61-62H,3-15,17,20,22-55H2,1-2H3,(H,60,63)/b18-16-,21-19-. The molecule has 2 unspecified atom stereocenters. The number of aliphatic hydroxyl groups is 2. The number of amides is 1. The van der Waals surface area contributed by atoms with Crippen molar-refractivity contribution >= 4 is 11.9 Å². The summed E-state index contributed by atoms with van der Waals surface area (Å²) in [5.41, 5.74) is 0. The third-order valence-electron chi connectivity index (χ3n) is 13.5. The lowest BCUT2D eigenvalue weighted by Gasteiger charge is -2.22. The molecular weight excluding hydrogens is 803 g/mol. The lowest BCUT2D eigenvalue weighted by atomic mass is 10.0. The second kappa shape index (κ2) is 54.9. The SMILES string of the molecule is CCCCCCC/C=C\CCCCCCCC(=O)OCCCCCCCCCCC/C=C\CCCCCCCCCC(=O)NC(CO)C(O)CCCCCCCCCCCCCCCC. The topological polar surface area (TPSA) is 95.9 Å². The zero-order chi connectivity index (χ0) is 47.2. The van der Waals surface area contributed by atoms with E-state index in [1.807, 2.05) is 0 Å². The van der Waals surface area contributed by atoms with Gasteiger partial charge >= 0.3 is 5.97 Å². The van der Waals surface area contributed by atoms with E-state index >= 15 is 0 Å². The molecule has 1 amide bonds. The summed E-state index contributed by atoms with van der Waals surface area (Å²) in [6.45, 7) is 4.94. The van der Waals surface area contributed by atoms with Gasteiger partial charge in [-0.1, -0.05) is 250 Å². The maximum Gasteiger partial charge on any atom is 0.305 e. The average Bonchev–Trinajstić information content (AvgIpc) is 3.31. The van der Waals surface area contributed by atoms with Gasteiger partial charge in [0.2, 0.25) is 5.91 Å². The molecule has 0 radical (unpaired) electrons. The van der Waals surface area contributed by atoms with Crippen molar-refractivity contribution < 1.29 is 24.5 Å². The molecule has 0 aliphatic rings. The molecule has 6 heteroatoms. The van der Waals surface area contributed by atoms with Crippen LogP contribution in [0, 0.1) is 0 Å². The van der Waals surface area contributed by atoms with Crippen molar-refractivity contribution in [2.45, 2.75) is 328 Å². The normalized spacial score (nSPS) is 12.7. The van der Waals surface area contributed by atoms with Crippen LogP contribution in [0.15, 0.2) is 24.3 Å². The molecule has 0 fully saturated rings. The molecule has 0 aliphatic heterocycles. The van der Waals surface area contributed by atoms with Gasteiger partial charge in [-0.2, -0.15) is 0 Å². The highest BCUT2D eigenvalue weighted by atomic mass is 16.5. The molecule has 0 aromatic heterocycles. The number of nitrogens with one attached hydrogen (secondary N) is 1. The zero-order valence-corrected chi connectivity index (χ0v) is 43.7. The first-order valence-electron chi connectivity index (χ1n) is 29.1. The van der Waals surface area contributed by atoms with Crippen LogP contribution in [-0.4, -0.2) is 47.4 Å². The van der Waals surface area contributed by atoms with Gasteiger partial charge in [0.05, 0.1) is 25.4 Å². The predicted octanol–water partition coefficient (Wildman–Crippen LogP) is 17.9. The molecule has 0 aliphatic carbocycles. The first-order valence-corrected chi connectivity index (χ1v) is 29.1. The van der Waals surface area contributed by atoms with Gasteiger partial charge in [0.1, 0.15) is 0 Å². The number of hydrogen-bond acceptors (Lipinski definition) is 5. The summed E-state index contributed by atoms with van der Waals surface area (Å²) >= 11 is 0. The van der Waals surface area contributed by atoms with Gasteiger partial charge in [0.15, 0.2) is 0 Å². The largest absolute Gasteiger partial charge is 0.466 e. The molecule has 0 saturated carbocycles.